The van der Waals surface area contributed by atoms with Gasteiger partial charge in [0.15, 0.2) is 5.60 Å². The van der Waals surface area contributed by atoms with Gasteiger partial charge in [-0.15, -0.1) is 0 Å². The van der Waals surface area contributed by atoms with E-state index in [1.165, 1.54) is 0 Å². The minimum absolute atomic E-state index is 0.00497. The van der Waals surface area contributed by atoms with Gasteiger partial charge < -0.3 is 10.1 Å². The van der Waals surface area contributed by atoms with Gasteiger partial charge in [0.1, 0.15) is 11.3 Å². The fraction of sp³-hybridized carbons (Fsp3) is 0.467. The summed E-state index contributed by atoms with van der Waals surface area (Å²) in [6.07, 6.45) is 8.87. The molecule has 102 valence electrons. The Hall–Kier alpha value is -1.84. The lowest BCUT2D eigenvalue weighted by Gasteiger charge is -2.21. The summed E-state index contributed by atoms with van der Waals surface area (Å²) in [4.78, 5) is 24.2. The van der Waals surface area contributed by atoms with E-state index in [0.717, 1.165) is 6.42 Å². The second kappa shape index (κ2) is 5.03. The number of allylic oxidation sites excluding steroid dienone is 3. The van der Waals surface area contributed by atoms with Gasteiger partial charge in [-0.2, -0.15) is 0 Å². The number of carbonyl (C=O) groups is 2. The maximum Gasteiger partial charge on any atom is 0.258 e. The number of carbonyl (C=O) groups excluding carboxylic acids is 2. The normalized spacial score (nSPS) is 31.0. The molecular formula is C15H19NO3. The molecule has 0 saturated carbocycles. The highest BCUT2D eigenvalue weighted by atomic mass is 16.5. The molecule has 2 atom stereocenters. The van der Waals surface area contributed by atoms with Crippen LogP contribution in [0.1, 0.15) is 33.6 Å². The lowest BCUT2D eigenvalue weighted by Crippen LogP contribution is -2.40. The van der Waals surface area contributed by atoms with E-state index in [1.54, 1.807) is 19.1 Å². The van der Waals surface area contributed by atoms with Crippen LogP contribution in [0.25, 0.3) is 0 Å². The fourth-order valence-corrected chi connectivity index (χ4v) is 2.29. The van der Waals surface area contributed by atoms with Crippen LogP contribution in [0.15, 0.2) is 35.6 Å². The average Bonchev–Trinajstić information content (AvgIpc) is 2.57. The summed E-state index contributed by atoms with van der Waals surface area (Å²) >= 11 is 0. The zero-order valence-electron chi connectivity index (χ0n) is 11.5. The van der Waals surface area contributed by atoms with Crippen molar-refractivity contribution in [1.29, 1.82) is 0 Å². The van der Waals surface area contributed by atoms with Gasteiger partial charge in [-0.25, -0.2) is 0 Å². The van der Waals surface area contributed by atoms with Crippen molar-refractivity contribution in [2.45, 2.75) is 45.3 Å². The molecule has 4 heteroatoms. The second-order valence-electron chi connectivity index (χ2n) is 5.11. The molecular weight excluding hydrogens is 242 g/mol. The fourth-order valence-electron chi connectivity index (χ4n) is 2.29. The molecule has 0 aromatic heterocycles. The molecule has 0 aromatic rings. The van der Waals surface area contributed by atoms with Crippen LogP contribution >= 0.6 is 0 Å². The number of Topliss-reactive ketones (excluding diaryl/α,β-unsaturated/α-hetero) is 1. The number of ether oxygens (including phenoxy) is 1. The molecule has 0 aliphatic carbocycles. The minimum Gasteiger partial charge on any atom is -0.479 e. The van der Waals surface area contributed by atoms with E-state index in [2.05, 4.69) is 5.32 Å². The molecule has 2 unspecified atom stereocenters. The lowest BCUT2D eigenvalue weighted by molar-refractivity contribution is -0.127. The molecule has 4 nitrogen and oxygen atoms in total. The van der Waals surface area contributed by atoms with Gasteiger partial charge in [-0.3, -0.25) is 9.59 Å². The Morgan fingerprint density at radius 1 is 1.42 bits per heavy atom. The molecule has 0 spiro atoms. The zero-order valence-corrected chi connectivity index (χ0v) is 11.5. The number of rotatable bonds is 3. The Kier molecular flexibility index (Phi) is 3.60. The van der Waals surface area contributed by atoms with E-state index in [9.17, 15) is 9.59 Å². The Morgan fingerprint density at radius 2 is 2.16 bits per heavy atom. The molecule has 2 aliphatic rings. The van der Waals surface area contributed by atoms with Gasteiger partial charge in [-0.1, -0.05) is 25.2 Å². The van der Waals surface area contributed by atoms with Crippen LogP contribution in [0, 0.1) is 0 Å². The summed E-state index contributed by atoms with van der Waals surface area (Å²) in [7, 11) is 0. The van der Waals surface area contributed by atoms with Crippen LogP contribution < -0.4 is 5.32 Å². The smallest absolute Gasteiger partial charge is 0.258 e. The van der Waals surface area contributed by atoms with Crippen molar-refractivity contribution in [1.82, 2.24) is 5.32 Å². The first kappa shape index (κ1) is 13.6. The lowest BCUT2D eigenvalue weighted by atomic mass is 9.93. The van der Waals surface area contributed by atoms with Gasteiger partial charge in [0.25, 0.3) is 5.91 Å². The molecule has 1 amide bonds. The van der Waals surface area contributed by atoms with E-state index in [0.29, 0.717) is 12.2 Å². The third-order valence-corrected chi connectivity index (χ3v) is 3.29. The first-order chi connectivity index (χ1) is 8.98. The van der Waals surface area contributed by atoms with Gasteiger partial charge in [0.05, 0.1) is 0 Å². The van der Waals surface area contributed by atoms with Crippen molar-refractivity contribution in [2.75, 3.05) is 0 Å². The predicted molar refractivity (Wildman–Crippen MR) is 72.3 cm³/mol. The van der Waals surface area contributed by atoms with E-state index in [1.807, 2.05) is 26.0 Å². The van der Waals surface area contributed by atoms with Crippen LogP contribution in [-0.4, -0.2) is 23.3 Å². The van der Waals surface area contributed by atoms with Gasteiger partial charge in [-0.05, 0) is 26.3 Å². The van der Waals surface area contributed by atoms with Crippen LogP contribution in [0.2, 0.25) is 0 Å². The summed E-state index contributed by atoms with van der Waals surface area (Å²) in [6.45, 7) is 5.63. The molecule has 0 radical (unpaired) electrons. The zero-order chi connectivity index (χ0) is 14.0. The molecule has 0 fully saturated rings. The highest BCUT2D eigenvalue weighted by Crippen LogP contribution is 2.36. The number of hydrogen-bond donors (Lipinski definition) is 1. The van der Waals surface area contributed by atoms with Crippen LogP contribution in [0.3, 0.4) is 0 Å². The van der Waals surface area contributed by atoms with Crippen molar-refractivity contribution in [3.63, 3.8) is 0 Å². The summed E-state index contributed by atoms with van der Waals surface area (Å²) in [5.41, 5.74) is -0.867. The topological polar surface area (TPSA) is 55.4 Å². The molecule has 0 saturated heterocycles. The highest BCUT2D eigenvalue weighted by molar-refractivity contribution is 6.24. The monoisotopic (exact) mass is 261 g/mol. The average molecular weight is 261 g/mol. The van der Waals surface area contributed by atoms with E-state index in [4.69, 9.17) is 4.74 Å². The third-order valence-electron chi connectivity index (χ3n) is 3.29. The van der Waals surface area contributed by atoms with E-state index < -0.39 is 5.60 Å². The van der Waals surface area contributed by atoms with Gasteiger partial charge in [0, 0.05) is 12.5 Å². The first-order valence-corrected chi connectivity index (χ1v) is 6.60. The van der Waals surface area contributed by atoms with Crippen LogP contribution in [0.5, 0.6) is 0 Å². The molecule has 19 heavy (non-hydrogen) atoms. The summed E-state index contributed by atoms with van der Waals surface area (Å²) in [5.74, 6) is -0.0547. The van der Waals surface area contributed by atoms with E-state index >= 15 is 0 Å². The largest absolute Gasteiger partial charge is 0.479 e. The Labute approximate surface area is 113 Å². The molecule has 0 aromatic carbocycles. The van der Waals surface area contributed by atoms with E-state index in [-0.39, 0.29) is 23.3 Å². The summed E-state index contributed by atoms with van der Waals surface area (Å²) in [6, 6.07) is 0.00497. The maximum atomic E-state index is 12.3. The van der Waals surface area contributed by atoms with Gasteiger partial charge >= 0.3 is 0 Å². The predicted octanol–water partition coefficient (Wildman–Crippen LogP) is 2.03. The number of amides is 1. The second-order valence-corrected chi connectivity index (χ2v) is 5.11. The highest BCUT2D eigenvalue weighted by Gasteiger charge is 2.48. The summed E-state index contributed by atoms with van der Waals surface area (Å²) < 4.78 is 5.73. The Bertz CT molecular complexity index is 502. The molecule has 0 bridgehead atoms. The maximum absolute atomic E-state index is 12.3. The first-order valence-electron chi connectivity index (χ1n) is 6.60. The van der Waals surface area contributed by atoms with Crippen molar-refractivity contribution in [2.24, 2.45) is 0 Å². The molecule has 2 aliphatic heterocycles. The van der Waals surface area contributed by atoms with Crippen LogP contribution in [0.4, 0.5) is 0 Å². The quantitative estimate of drug-likeness (QED) is 0.624. The van der Waals surface area contributed by atoms with Crippen molar-refractivity contribution >= 4 is 11.7 Å². The number of nitrogens with one attached hydrogen (secondary N) is 1. The molecule has 2 rings (SSSR count). The molecule has 1 N–H and O–H groups in total. The van der Waals surface area contributed by atoms with Crippen molar-refractivity contribution in [3.05, 3.63) is 35.6 Å². The third kappa shape index (κ3) is 2.48. The van der Waals surface area contributed by atoms with Gasteiger partial charge in [0.2, 0.25) is 5.78 Å². The number of ketones is 1. The van der Waals surface area contributed by atoms with Crippen molar-refractivity contribution < 1.29 is 14.3 Å². The Morgan fingerprint density at radius 3 is 2.84 bits per heavy atom. The SMILES string of the molecule is CC/C=C/C=C/C1(C)OC2=C(C(=O)NC(C)C2)C1=O. The van der Waals surface area contributed by atoms with Crippen LogP contribution in [-0.2, 0) is 14.3 Å². The van der Waals surface area contributed by atoms with Crippen molar-refractivity contribution in [3.8, 4) is 0 Å². The Balaban J connectivity index is 2.22. The standard InChI is InChI=1S/C15H19NO3/c1-4-5-6-7-8-15(3)13(17)12-11(19-15)9-10(2)16-14(12)18/h5-8,10H,4,9H2,1-3H3,(H,16,18)/b6-5+,8-7+. The minimum atomic E-state index is -1.05. The summed E-state index contributed by atoms with van der Waals surface area (Å²) in [5, 5.41) is 2.76. The number of hydrogen-bond acceptors (Lipinski definition) is 3. The molecule has 2 heterocycles.